The zero-order valence-electron chi connectivity index (χ0n) is 29.6. The molecule has 2 atom stereocenters. The Kier molecular flexibility index (Phi) is 8.33. The van der Waals surface area contributed by atoms with Crippen molar-refractivity contribution in [1.82, 2.24) is 19.4 Å². The zero-order chi connectivity index (χ0) is 36.5. The predicted octanol–water partition coefficient (Wildman–Crippen LogP) is 5.37. The van der Waals surface area contributed by atoms with Crippen molar-refractivity contribution in [2.75, 3.05) is 43.5 Å². The number of carboxylic acids is 1. The highest BCUT2D eigenvalue weighted by Crippen LogP contribution is 2.50. The Bertz CT molecular complexity index is 2240. The number of aromatic nitrogens is 3. The smallest absolute Gasteiger partial charge is 0.414 e. The van der Waals surface area contributed by atoms with E-state index in [1.807, 2.05) is 0 Å². The average molecular weight is 694 g/mol. The van der Waals surface area contributed by atoms with Gasteiger partial charge in [0, 0.05) is 80.6 Å². The number of rotatable bonds is 4. The van der Waals surface area contributed by atoms with Gasteiger partial charge >= 0.3 is 12.1 Å². The summed E-state index contributed by atoms with van der Waals surface area (Å²) in [6.45, 7) is 7.71. The molecule has 0 saturated carbocycles. The highest BCUT2D eigenvalue weighted by atomic mass is 19.1. The maximum Gasteiger partial charge on any atom is 0.414 e. The number of aromatic carboxylic acids is 1. The van der Waals surface area contributed by atoms with Crippen molar-refractivity contribution in [3.05, 3.63) is 69.1 Å². The molecule has 2 aliphatic heterocycles. The van der Waals surface area contributed by atoms with Crippen LogP contribution < -0.4 is 15.2 Å². The third-order valence-electron chi connectivity index (χ3n) is 10.3. The number of pyridine rings is 3. The number of carbonyl (C=O) groups excluding carboxylic acids is 1. The molecule has 2 saturated heterocycles. The maximum absolute atomic E-state index is 16.2. The predicted molar refractivity (Wildman–Crippen MR) is 191 cm³/mol. The summed E-state index contributed by atoms with van der Waals surface area (Å²) in [5.74, 6) is -1.71. The molecule has 2 fully saturated rings. The van der Waals surface area contributed by atoms with Crippen LogP contribution in [0.1, 0.15) is 60.8 Å². The van der Waals surface area contributed by atoms with E-state index in [0.717, 1.165) is 25.2 Å². The number of carbonyl (C=O) groups is 2. The van der Waals surface area contributed by atoms with Crippen LogP contribution in [0.4, 0.5) is 20.6 Å². The number of hydrogen-bond acceptors (Lipinski definition) is 9. The molecule has 3 aliphatic rings. The molecule has 0 spiro atoms. The second kappa shape index (κ2) is 12.5. The van der Waals surface area contributed by atoms with E-state index in [9.17, 15) is 24.8 Å². The summed E-state index contributed by atoms with van der Waals surface area (Å²) in [5, 5.41) is 20.4. The highest BCUT2D eigenvalue weighted by Gasteiger charge is 2.43. The number of anilines is 2. The first-order chi connectivity index (χ1) is 24.2. The van der Waals surface area contributed by atoms with Crippen LogP contribution in [0.3, 0.4) is 0 Å². The van der Waals surface area contributed by atoms with Gasteiger partial charge in [-0.05, 0) is 77.1 Å². The molecule has 51 heavy (non-hydrogen) atoms. The van der Waals surface area contributed by atoms with Gasteiger partial charge in [0.15, 0.2) is 0 Å². The topological polar surface area (TPSA) is 145 Å². The van der Waals surface area contributed by atoms with E-state index in [4.69, 9.17) is 9.72 Å². The van der Waals surface area contributed by atoms with Crippen molar-refractivity contribution < 1.29 is 23.8 Å². The number of benzene rings is 1. The monoisotopic (exact) mass is 693 g/mol. The minimum absolute atomic E-state index is 0.120. The second-order valence-corrected chi connectivity index (χ2v) is 14.9. The molecule has 264 valence electrons. The number of nitriles is 1. The largest absolute Gasteiger partial charge is 0.477 e. The Hall–Kier alpha value is -5.35. The Morgan fingerprint density at radius 1 is 1.12 bits per heavy atom. The van der Waals surface area contributed by atoms with Crippen molar-refractivity contribution in [3.63, 3.8) is 0 Å². The van der Waals surface area contributed by atoms with E-state index in [1.165, 1.54) is 21.7 Å². The summed E-state index contributed by atoms with van der Waals surface area (Å²) in [5.41, 5.74) is 2.99. The van der Waals surface area contributed by atoms with Gasteiger partial charge in [-0.3, -0.25) is 14.7 Å². The highest BCUT2D eigenvalue weighted by molar-refractivity contribution is 6.00. The molecule has 3 aromatic heterocycles. The quantitative estimate of drug-likeness (QED) is 0.296. The van der Waals surface area contributed by atoms with Gasteiger partial charge in [0.2, 0.25) is 5.43 Å². The van der Waals surface area contributed by atoms with Crippen LogP contribution in [-0.4, -0.2) is 82.0 Å². The average Bonchev–Trinajstić information content (AvgIpc) is 3.56. The molecule has 7 rings (SSSR count). The number of nitrogens with zero attached hydrogens (tertiary/aromatic N) is 7. The fraction of sp³-hybridized carbons (Fsp3) is 0.421. The van der Waals surface area contributed by atoms with Crippen LogP contribution in [0.15, 0.2) is 35.5 Å². The lowest BCUT2D eigenvalue weighted by Gasteiger charge is -2.33. The van der Waals surface area contributed by atoms with Crippen LogP contribution in [0.25, 0.3) is 33.3 Å². The van der Waals surface area contributed by atoms with Crippen LogP contribution in [0, 0.1) is 23.1 Å². The van der Waals surface area contributed by atoms with Gasteiger partial charge in [0.1, 0.15) is 28.7 Å². The van der Waals surface area contributed by atoms with E-state index in [2.05, 4.69) is 27.9 Å². The Morgan fingerprint density at radius 3 is 2.59 bits per heavy atom. The van der Waals surface area contributed by atoms with Crippen LogP contribution in [-0.2, 0) is 24.6 Å². The molecule has 5 heterocycles. The minimum Gasteiger partial charge on any atom is -0.477 e. The fourth-order valence-electron chi connectivity index (χ4n) is 8.09. The maximum atomic E-state index is 16.2. The summed E-state index contributed by atoms with van der Waals surface area (Å²) in [6.07, 6.45) is 6.56. The van der Waals surface area contributed by atoms with E-state index in [1.54, 1.807) is 53.3 Å². The van der Waals surface area contributed by atoms with Gasteiger partial charge in [-0.15, -0.1) is 0 Å². The molecule has 12 nitrogen and oxygen atoms in total. The number of ether oxygens (including phenoxy) is 1. The van der Waals surface area contributed by atoms with Gasteiger partial charge < -0.3 is 24.2 Å². The van der Waals surface area contributed by atoms with E-state index < -0.39 is 28.9 Å². The van der Waals surface area contributed by atoms with Gasteiger partial charge in [-0.25, -0.2) is 19.0 Å². The van der Waals surface area contributed by atoms with Crippen molar-refractivity contribution in [1.29, 1.82) is 5.26 Å². The number of aryl methyl sites for hydroxylation is 2. The van der Waals surface area contributed by atoms with Crippen molar-refractivity contribution >= 4 is 34.5 Å². The molecule has 4 aromatic rings. The van der Waals surface area contributed by atoms with Gasteiger partial charge in [0.05, 0.1) is 28.0 Å². The molecule has 1 aromatic carbocycles. The molecule has 0 unspecified atom stereocenters. The number of likely N-dealkylation sites (N-methyl/N-ethyl adjacent to an activating group) is 1. The molecular formula is C38H40FN7O5. The number of hydrogen-bond donors (Lipinski definition) is 1. The van der Waals surface area contributed by atoms with Crippen LogP contribution in [0.2, 0.25) is 0 Å². The summed E-state index contributed by atoms with van der Waals surface area (Å²) in [7, 11) is 5.27. The first-order valence-electron chi connectivity index (χ1n) is 17.1. The van der Waals surface area contributed by atoms with Gasteiger partial charge in [0.25, 0.3) is 0 Å². The first kappa shape index (κ1) is 34.1. The van der Waals surface area contributed by atoms with Crippen LogP contribution >= 0.6 is 0 Å². The van der Waals surface area contributed by atoms with E-state index in [-0.39, 0.29) is 22.6 Å². The second-order valence-electron chi connectivity index (χ2n) is 14.9. The molecule has 0 radical (unpaired) electrons. The summed E-state index contributed by atoms with van der Waals surface area (Å²) >= 11 is 0. The number of halogens is 1. The number of likely N-dealkylation sites (tertiary alicyclic amines) is 1. The van der Waals surface area contributed by atoms with Gasteiger partial charge in [-0.1, -0.05) is 0 Å². The molecule has 1 N–H and O–H groups in total. The number of amides is 1. The zero-order valence-corrected chi connectivity index (χ0v) is 29.6. The van der Waals surface area contributed by atoms with E-state index >= 15 is 4.39 Å². The third-order valence-corrected chi connectivity index (χ3v) is 10.3. The summed E-state index contributed by atoms with van der Waals surface area (Å²) in [6, 6.07) is 5.14. The molecule has 1 aliphatic carbocycles. The minimum atomic E-state index is -1.33. The Labute approximate surface area is 294 Å². The van der Waals surface area contributed by atoms with Crippen molar-refractivity contribution in [3.8, 4) is 28.3 Å². The Morgan fingerprint density at radius 2 is 1.88 bits per heavy atom. The van der Waals surface area contributed by atoms with Crippen LogP contribution in [0.5, 0.6) is 0 Å². The van der Waals surface area contributed by atoms with Gasteiger partial charge in [-0.2, -0.15) is 5.26 Å². The first-order valence-corrected chi connectivity index (χ1v) is 17.1. The lowest BCUT2D eigenvalue weighted by molar-refractivity contribution is 0.0588. The van der Waals surface area contributed by atoms with Crippen molar-refractivity contribution in [2.24, 2.45) is 13.0 Å². The third kappa shape index (κ3) is 5.77. The Balaban J connectivity index is 1.54. The molecular weight excluding hydrogens is 653 g/mol. The summed E-state index contributed by atoms with van der Waals surface area (Å²) < 4.78 is 23.4. The lowest BCUT2D eigenvalue weighted by Crippen LogP contribution is -2.35. The molecule has 0 bridgehead atoms. The van der Waals surface area contributed by atoms with Crippen molar-refractivity contribution in [2.45, 2.75) is 58.1 Å². The van der Waals surface area contributed by atoms with E-state index in [0.29, 0.717) is 76.6 Å². The standard InChI is InChI=1S/C38H40FN7O5/c1-38(2,3)51-37(50)45(6)29-13-27(39)24(14-40)31-22(29)8-7-9-28-32(31)33(46-11-10-20-17-43(4)19-30(20)46)25(16-41-28)21-12-23-34(47)26(36(48)49)18-44(5)35(23)42-15-21/h12-13,15-16,18,20,30H,7-11,17,19H2,1-6H3,(H,48,49)/t20-,30+/m0/s1. The molecule has 13 heteroatoms. The molecule has 1 amide bonds. The number of fused-ring (bicyclic) bond motifs is 5. The number of carboxylic acid groups (broad SMARTS) is 1. The summed E-state index contributed by atoms with van der Waals surface area (Å²) in [4.78, 5) is 54.3. The fourth-order valence-corrected chi connectivity index (χ4v) is 8.09. The lowest BCUT2D eigenvalue weighted by atomic mass is 9.88. The SMILES string of the molecule is CN1C[C@@H]2CCN(c3c(-c4cnc5c(c4)c(=O)c(C(=O)O)cn5C)cnc4c3-c3c(C#N)c(F)cc(N(C)C(=O)OC(C)(C)C)c3CCC4)[C@@H]2C1. The normalized spacial score (nSPS) is 18.5.